The van der Waals surface area contributed by atoms with Crippen LogP contribution in [0.4, 0.5) is 4.39 Å². The number of rotatable bonds is 1. The number of nitrogens with zero attached hydrogens (tertiary/aromatic N) is 2. The van der Waals surface area contributed by atoms with E-state index in [2.05, 4.69) is 25.9 Å². The normalized spacial score (nSPS) is 11.2. The maximum Gasteiger partial charge on any atom is 0.171 e. The van der Waals surface area contributed by atoms with E-state index >= 15 is 0 Å². The summed E-state index contributed by atoms with van der Waals surface area (Å²) in [5.41, 5.74) is 1.40. The summed E-state index contributed by atoms with van der Waals surface area (Å²) < 4.78 is 14.6. The molecule has 3 aromatic rings. The second-order valence-electron chi connectivity index (χ2n) is 4.44. The van der Waals surface area contributed by atoms with Gasteiger partial charge in [-0.3, -0.25) is 0 Å². The van der Waals surface area contributed by atoms with Crippen LogP contribution in [0.5, 0.6) is 0 Å². The van der Waals surface area contributed by atoms with Crippen molar-refractivity contribution in [1.82, 2.24) is 9.97 Å². The van der Waals surface area contributed by atoms with Crippen molar-refractivity contribution in [3.63, 3.8) is 0 Å². The predicted octanol–water partition coefficient (Wildman–Crippen LogP) is 5.53. The third kappa shape index (κ3) is 2.24. The summed E-state index contributed by atoms with van der Waals surface area (Å²) in [7, 11) is 0. The highest BCUT2D eigenvalue weighted by Crippen LogP contribution is 2.34. The van der Waals surface area contributed by atoms with Gasteiger partial charge in [0, 0.05) is 9.35 Å². The van der Waals surface area contributed by atoms with Crippen LogP contribution in [0.1, 0.15) is 10.4 Å². The number of fused-ring (bicyclic) bond motifs is 1. The Balaban J connectivity index is 2.32. The van der Waals surface area contributed by atoms with Crippen LogP contribution in [0.2, 0.25) is 5.15 Å². The maximum absolute atomic E-state index is 14.0. The van der Waals surface area contributed by atoms with Gasteiger partial charge in [0.1, 0.15) is 16.5 Å². The highest BCUT2D eigenvalue weighted by atomic mass is 79.9. The van der Waals surface area contributed by atoms with E-state index in [0.717, 1.165) is 4.88 Å². The van der Waals surface area contributed by atoms with Gasteiger partial charge in [0.15, 0.2) is 5.82 Å². The number of thiophene rings is 1. The molecule has 0 aliphatic heterocycles. The largest absolute Gasteiger partial charge is 0.224 e. The molecule has 0 saturated carbocycles. The molecular formula is C14H9BrClFN2S. The number of hydrogen-bond donors (Lipinski definition) is 0. The van der Waals surface area contributed by atoms with Crippen LogP contribution in [0.25, 0.3) is 21.6 Å². The van der Waals surface area contributed by atoms with Crippen molar-refractivity contribution < 1.29 is 4.39 Å². The summed E-state index contributed by atoms with van der Waals surface area (Å²) in [4.78, 5) is 10.7. The molecule has 1 aromatic carbocycles. The Labute approximate surface area is 132 Å². The lowest BCUT2D eigenvalue weighted by atomic mass is 10.2. The van der Waals surface area contributed by atoms with E-state index in [1.807, 2.05) is 19.9 Å². The zero-order valence-corrected chi connectivity index (χ0v) is 13.8. The molecule has 0 unspecified atom stereocenters. The molecule has 0 aliphatic rings. The first kappa shape index (κ1) is 13.9. The molecule has 20 heavy (non-hydrogen) atoms. The molecule has 102 valence electrons. The van der Waals surface area contributed by atoms with Gasteiger partial charge < -0.3 is 0 Å². The average molecular weight is 372 g/mol. The molecule has 0 N–H and O–H groups in total. The topological polar surface area (TPSA) is 25.8 Å². The summed E-state index contributed by atoms with van der Waals surface area (Å²) in [6.07, 6.45) is 0. The summed E-state index contributed by atoms with van der Waals surface area (Å²) in [5.74, 6) is 0.0550. The predicted molar refractivity (Wildman–Crippen MR) is 85.0 cm³/mol. The van der Waals surface area contributed by atoms with E-state index in [-0.39, 0.29) is 10.7 Å². The number of benzene rings is 1. The van der Waals surface area contributed by atoms with Gasteiger partial charge in [-0.2, -0.15) is 0 Å². The summed E-state index contributed by atoms with van der Waals surface area (Å²) in [6.45, 7) is 4.05. The van der Waals surface area contributed by atoms with Crippen molar-refractivity contribution in [2.75, 3.05) is 0 Å². The molecule has 2 nitrogen and oxygen atoms in total. The second-order valence-corrected chi connectivity index (χ2v) is 6.91. The molecule has 0 spiro atoms. The first-order chi connectivity index (χ1) is 9.47. The fourth-order valence-corrected chi connectivity index (χ4v) is 3.78. The number of hydrogen-bond acceptors (Lipinski definition) is 3. The van der Waals surface area contributed by atoms with E-state index in [1.54, 1.807) is 17.4 Å². The lowest BCUT2D eigenvalue weighted by molar-refractivity contribution is 0.636. The average Bonchev–Trinajstić information content (AvgIpc) is 2.74. The Hall–Kier alpha value is -1.04. The van der Waals surface area contributed by atoms with Crippen LogP contribution < -0.4 is 0 Å². The molecule has 6 heteroatoms. The van der Waals surface area contributed by atoms with Gasteiger partial charge in [-0.15, -0.1) is 11.3 Å². The van der Waals surface area contributed by atoms with Gasteiger partial charge in [0.2, 0.25) is 0 Å². The van der Waals surface area contributed by atoms with E-state index < -0.39 is 5.82 Å². The molecule has 0 aliphatic carbocycles. The van der Waals surface area contributed by atoms with Crippen molar-refractivity contribution in [2.45, 2.75) is 13.8 Å². The number of aryl methyl sites for hydroxylation is 2. The van der Waals surface area contributed by atoms with E-state index in [0.29, 0.717) is 15.7 Å². The Bertz CT molecular complexity index is 812. The lowest BCUT2D eigenvalue weighted by Gasteiger charge is -2.05. The molecule has 0 fully saturated rings. The molecule has 0 amide bonds. The Morgan fingerprint density at radius 1 is 1.25 bits per heavy atom. The summed E-state index contributed by atoms with van der Waals surface area (Å²) >= 11 is 11.1. The van der Waals surface area contributed by atoms with Crippen molar-refractivity contribution in [3.05, 3.63) is 44.1 Å². The molecule has 0 bridgehead atoms. The standard InChI is InChI=1S/C14H9BrClFN2S/c1-6-5-10(20-7(6)2)14-18-12-9(17)4-3-8(15)11(12)13(16)19-14/h3-5H,1-2H3. The number of halogens is 3. The Kier molecular flexibility index (Phi) is 3.52. The molecule has 0 atom stereocenters. The minimum atomic E-state index is -0.404. The van der Waals surface area contributed by atoms with Crippen LogP contribution in [0, 0.1) is 19.7 Å². The van der Waals surface area contributed by atoms with Crippen LogP contribution in [0.3, 0.4) is 0 Å². The quantitative estimate of drug-likeness (QED) is 0.526. The van der Waals surface area contributed by atoms with Crippen molar-refractivity contribution in [2.24, 2.45) is 0 Å². The first-order valence-corrected chi connectivity index (χ1v) is 7.85. The minimum absolute atomic E-state index is 0.234. The third-order valence-electron chi connectivity index (χ3n) is 3.09. The van der Waals surface area contributed by atoms with Crippen molar-refractivity contribution in [1.29, 1.82) is 0 Å². The van der Waals surface area contributed by atoms with Crippen LogP contribution in [-0.2, 0) is 0 Å². The van der Waals surface area contributed by atoms with Crippen molar-refractivity contribution in [3.8, 4) is 10.7 Å². The molecule has 0 radical (unpaired) electrons. The zero-order valence-electron chi connectivity index (χ0n) is 10.7. The van der Waals surface area contributed by atoms with Gasteiger partial charge >= 0.3 is 0 Å². The second kappa shape index (κ2) is 5.06. The van der Waals surface area contributed by atoms with Gasteiger partial charge in [-0.1, -0.05) is 11.6 Å². The summed E-state index contributed by atoms with van der Waals surface area (Å²) in [5, 5.41) is 0.750. The zero-order chi connectivity index (χ0) is 14.4. The highest BCUT2D eigenvalue weighted by molar-refractivity contribution is 9.10. The number of aromatic nitrogens is 2. The Morgan fingerprint density at radius 2 is 2.00 bits per heavy atom. The van der Waals surface area contributed by atoms with Crippen LogP contribution >= 0.6 is 38.9 Å². The molecule has 3 rings (SSSR count). The van der Waals surface area contributed by atoms with Crippen LogP contribution in [0.15, 0.2) is 22.7 Å². The van der Waals surface area contributed by atoms with Gasteiger partial charge in [0.25, 0.3) is 0 Å². The van der Waals surface area contributed by atoms with Crippen LogP contribution in [-0.4, -0.2) is 9.97 Å². The minimum Gasteiger partial charge on any atom is -0.224 e. The molecular weight excluding hydrogens is 363 g/mol. The van der Waals surface area contributed by atoms with Crippen molar-refractivity contribution >= 4 is 49.8 Å². The SMILES string of the molecule is Cc1cc(-c2nc(Cl)c3c(Br)ccc(F)c3n2)sc1C. The monoisotopic (exact) mass is 370 g/mol. The molecule has 2 aromatic heterocycles. The highest BCUT2D eigenvalue weighted by Gasteiger charge is 2.15. The fraction of sp³-hybridized carbons (Fsp3) is 0.143. The Morgan fingerprint density at radius 3 is 2.65 bits per heavy atom. The smallest absolute Gasteiger partial charge is 0.171 e. The van der Waals surface area contributed by atoms with Gasteiger partial charge in [-0.25, -0.2) is 14.4 Å². The maximum atomic E-state index is 14.0. The first-order valence-electron chi connectivity index (χ1n) is 5.86. The molecule has 0 saturated heterocycles. The summed E-state index contributed by atoms with van der Waals surface area (Å²) in [6, 6.07) is 4.96. The lowest BCUT2D eigenvalue weighted by Crippen LogP contribution is -1.93. The van der Waals surface area contributed by atoms with E-state index in [1.165, 1.54) is 16.5 Å². The van der Waals surface area contributed by atoms with Gasteiger partial charge in [-0.05, 0) is 53.5 Å². The fourth-order valence-electron chi connectivity index (χ4n) is 1.92. The third-order valence-corrected chi connectivity index (χ3v) is 5.18. The van der Waals surface area contributed by atoms with E-state index in [9.17, 15) is 4.39 Å². The van der Waals surface area contributed by atoms with E-state index in [4.69, 9.17) is 11.6 Å². The molecule has 2 heterocycles. The van der Waals surface area contributed by atoms with Gasteiger partial charge in [0.05, 0.1) is 10.3 Å².